The van der Waals surface area contributed by atoms with Crippen molar-refractivity contribution in [3.05, 3.63) is 39.7 Å². The zero-order valence-electron chi connectivity index (χ0n) is 16.4. The fourth-order valence-corrected chi connectivity index (χ4v) is 5.00. The van der Waals surface area contributed by atoms with Crippen LogP contribution in [0.25, 0.3) is 0 Å². The van der Waals surface area contributed by atoms with Crippen molar-refractivity contribution in [1.82, 2.24) is 9.88 Å². The van der Waals surface area contributed by atoms with Gasteiger partial charge < -0.3 is 15.5 Å². The lowest BCUT2D eigenvalue weighted by molar-refractivity contribution is -0.130. The fourth-order valence-electron chi connectivity index (χ4n) is 4.15. The van der Waals surface area contributed by atoms with Crippen LogP contribution in [0.3, 0.4) is 0 Å². The molecule has 0 unspecified atom stereocenters. The van der Waals surface area contributed by atoms with Gasteiger partial charge >= 0.3 is 0 Å². The number of amides is 3. The highest BCUT2D eigenvalue weighted by Gasteiger charge is 2.33. The molecule has 2 aromatic rings. The minimum atomic E-state index is -0.327. The van der Waals surface area contributed by atoms with Crippen LogP contribution in [-0.2, 0) is 9.59 Å². The minimum absolute atomic E-state index is 0.0710. The maximum atomic E-state index is 12.8. The Hall–Kier alpha value is -2.45. The first-order chi connectivity index (χ1) is 14.5. The fraction of sp³-hybridized carbons (Fsp3) is 0.429. The lowest BCUT2D eigenvalue weighted by Crippen LogP contribution is -2.40. The quantitative estimate of drug-likeness (QED) is 0.721. The van der Waals surface area contributed by atoms with Gasteiger partial charge in [-0.05, 0) is 55.7 Å². The number of rotatable bonds is 5. The largest absolute Gasteiger partial charge is 0.340 e. The van der Waals surface area contributed by atoms with Crippen molar-refractivity contribution >= 4 is 52.2 Å². The number of carbonyl (C=O) groups is 3. The molecule has 1 saturated heterocycles. The van der Waals surface area contributed by atoms with E-state index >= 15 is 0 Å². The Bertz CT molecular complexity index is 938. The van der Waals surface area contributed by atoms with Crippen molar-refractivity contribution in [3.8, 4) is 0 Å². The van der Waals surface area contributed by atoms with Crippen LogP contribution in [0.5, 0.6) is 0 Å². The molecule has 2 fully saturated rings. The molecule has 4 rings (SSSR count). The van der Waals surface area contributed by atoms with Crippen LogP contribution in [0.1, 0.15) is 48.2 Å². The Balaban J connectivity index is 1.33. The molecular weight excluding hydrogens is 424 g/mol. The van der Waals surface area contributed by atoms with Crippen LogP contribution in [0.2, 0.25) is 5.02 Å². The van der Waals surface area contributed by atoms with E-state index in [2.05, 4.69) is 15.6 Å². The third kappa shape index (κ3) is 4.65. The van der Waals surface area contributed by atoms with Gasteiger partial charge in [0.25, 0.3) is 5.91 Å². The Morgan fingerprint density at radius 3 is 2.60 bits per heavy atom. The first-order valence-corrected chi connectivity index (χ1v) is 11.4. The van der Waals surface area contributed by atoms with E-state index in [0.29, 0.717) is 27.8 Å². The Labute approximate surface area is 183 Å². The second-order valence-corrected chi connectivity index (χ2v) is 9.02. The number of nitrogens with one attached hydrogen (secondary N) is 2. The van der Waals surface area contributed by atoms with E-state index in [0.717, 1.165) is 38.6 Å². The smallest absolute Gasteiger partial charge is 0.269 e. The van der Waals surface area contributed by atoms with Gasteiger partial charge in [-0.2, -0.15) is 0 Å². The third-order valence-corrected chi connectivity index (χ3v) is 6.85. The molecule has 2 N–H and O–H groups in total. The second-order valence-electron chi connectivity index (χ2n) is 7.66. The summed E-state index contributed by atoms with van der Waals surface area (Å²) in [7, 11) is 0. The number of thiophene rings is 1. The average molecular weight is 447 g/mol. The highest BCUT2D eigenvalue weighted by molar-refractivity contribution is 7.12. The molecular formula is C21H23ClN4O3S. The number of hydrogen-bond donors (Lipinski definition) is 2. The first kappa shape index (κ1) is 20.8. The number of nitrogens with zero attached hydrogens (tertiary/aromatic N) is 2. The molecule has 0 aromatic carbocycles. The molecule has 2 aliphatic rings. The van der Waals surface area contributed by atoms with Crippen LogP contribution >= 0.6 is 22.9 Å². The van der Waals surface area contributed by atoms with Gasteiger partial charge in [0.05, 0.1) is 10.7 Å². The normalized spacial score (nSPS) is 21.5. The summed E-state index contributed by atoms with van der Waals surface area (Å²) in [6, 6.07) is 5.27. The van der Waals surface area contributed by atoms with Gasteiger partial charge in [-0.3, -0.25) is 14.4 Å². The highest BCUT2D eigenvalue weighted by Crippen LogP contribution is 2.32. The molecule has 2 aromatic heterocycles. The van der Waals surface area contributed by atoms with E-state index in [1.807, 2.05) is 4.90 Å². The van der Waals surface area contributed by atoms with Gasteiger partial charge in [-0.25, -0.2) is 4.98 Å². The zero-order valence-corrected chi connectivity index (χ0v) is 18.0. The zero-order chi connectivity index (χ0) is 21.1. The number of hydrogen-bond acceptors (Lipinski definition) is 5. The average Bonchev–Trinajstić information content (AvgIpc) is 3.38. The molecule has 0 bridgehead atoms. The predicted molar refractivity (Wildman–Crippen MR) is 117 cm³/mol. The Morgan fingerprint density at radius 1 is 1.13 bits per heavy atom. The molecule has 30 heavy (non-hydrogen) atoms. The Morgan fingerprint density at radius 2 is 1.93 bits per heavy atom. The van der Waals surface area contributed by atoms with E-state index in [4.69, 9.17) is 11.6 Å². The van der Waals surface area contributed by atoms with Crippen molar-refractivity contribution in [2.75, 3.05) is 17.2 Å². The summed E-state index contributed by atoms with van der Waals surface area (Å²) in [6.07, 6.45) is 6.25. The number of likely N-dealkylation sites (tertiary alicyclic amines) is 1. The summed E-state index contributed by atoms with van der Waals surface area (Å²) in [5, 5.41) is 7.90. The SMILES string of the molecule is O=C(Nc1ccc(Cl)cn1)c1sccc1NC(=O)[C@H]1CC[C@H](N2CCCC2=O)CC1. The number of aromatic nitrogens is 1. The van der Waals surface area contributed by atoms with Crippen LogP contribution in [0.4, 0.5) is 11.5 Å². The molecule has 1 saturated carbocycles. The molecule has 3 heterocycles. The summed E-state index contributed by atoms with van der Waals surface area (Å²) in [6.45, 7) is 0.843. The number of carbonyl (C=O) groups excluding carboxylic acids is 3. The standard InChI is InChI=1S/C21H23ClN4O3S/c22-14-5-8-17(23-12-14)25-21(29)19-16(9-11-30-19)24-20(28)13-3-6-15(7-4-13)26-10-1-2-18(26)27/h5,8-9,11-13,15H,1-4,6-7,10H2,(H,24,28)(H,23,25,29)/t13-,15-. The third-order valence-electron chi connectivity index (χ3n) is 5.72. The molecule has 158 valence electrons. The van der Waals surface area contributed by atoms with Gasteiger partial charge in [0.2, 0.25) is 11.8 Å². The molecule has 7 nitrogen and oxygen atoms in total. The van der Waals surface area contributed by atoms with E-state index in [-0.39, 0.29) is 29.7 Å². The Kier molecular flexibility index (Phi) is 6.34. The number of pyridine rings is 1. The van der Waals surface area contributed by atoms with Crippen LogP contribution in [0, 0.1) is 5.92 Å². The summed E-state index contributed by atoms with van der Waals surface area (Å²) >= 11 is 7.08. The first-order valence-electron chi connectivity index (χ1n) is 10.1. The van der Waals surface area contributed by atoms with Crippen molar-refractivity contribution in [3.63, 3.8) is 0 Å². The molecule has 0 spiro atoms. The van der Waals surface area contributed by atoms with Crippen molar-refractivity contribution in [2.45, 2.75) is 44.6 Å². The van der Waals surface area contributed by atoms with Crippen molar-refractivity contribution < 1.29 is 14.4 Å². The van der Waals surface area contributed by atoms with Gasteiger partial charge in [0.15, 0.2) is 0 Å². The second kappa shape index (κ2) is 9.14. The summed E-state index contributed by atoms with van der Waals surface area (Å²) in [4.78, 5) is 43.8. The highest BCUT2D eigenvalue weighted by atomic mass is 35.5. The molecule has 0 radical (unpaired) electrons. The predicted octanol–water partition coefficient (Wildman–Crippen LogP) is 4.17. The minimum Gasteiger partial charge on any atom is -0.340 e. The van der Waals surface area contributed by atoms with Gasteiger partial charge in [-0.15, -0.1) is 11.3 Å². The molecule has 1 aliphatic heterocycles. The number of halogens is 1. The van der Waals surface area contributed by atoms with E-state index < -0.39 is 0 Å². The molecule has 9 heteroatoms. The van der Waals surface area contributed by atoms with Crippen LogP contribution < -0.4 is 10.6 Å². The summed E-state index contributed by atoms with van der Waals surface area (Å²) in [5.41, 5.74) is 0.508. The summed E-state index contributed by atoms with van der Waals surface area (Å²) in [5.74, 6) is 0.134. The monoisotopic (exact) mass is 446 g/mol. The topological polar surface area (TPSA) is 91.4 Å². The van der Waals surface area contributed by atoms with Crippen molar-refractivity contribution in [2.24, 2.45) is 5.92 Å². The maximum Gasteiger partial charge on any atom is 0.269 e. The lowest BCUT2D eigenvalue weighted by atomic mass is 9.84. The van der Waals surface area contributed by atoms with E-state index in [9.17, 15) is 14.4 Å². The maximum absolute atomic E-state index is 12.8. The lowest BCUT2D eigenvalue weighted by Gasteiger charge is -2.34. The van der Waals surface area contributed by atoms with E-state index in [1.165, 1.54) is 17.5 Å². The number of anilines is 2. The molecule has 0 atom stereocenters. The molecule has 1 aliphatic carbocycles. The van der Waals surface area contributed by atoms with Crippen molar-refractivity contribution in [1.29, 1.82) is 0 Å². The van der Waals surface area contributed by atoms with Gasteiger partial charge in [0.1, 0.15) is 10.7 Å². The van der Waals surface area contributed by atoms with E-state index in [1.54, 1.807) is 23.6 Å². The van der Waals surface area contributed by atoms with Gasteiger partial charge in [0, 0.05) is 31.1 Å². The van der Waals surface area contributed by atoms with Crippen LogP contribution in [-0.4, -0.2) is 40.2 Å². The van der Waals surface area contributed by atoms with Gasteiger partial charge in [-0.1, -0.05) is 11.6 Å². The summed E-state index contributed by atoms with van der Waals surface area (Å²) < 4.78 is 0. The van der Waals surface area contributed by atoms with Crippen LogP contribution in [0.15, 0.2) is 29.8 Å². The molecule has 3 amide bonds.